The minimum Gasteiger partial charge on any atom is -0.463 e. The maximum atomic E-state index is 12.2. The predicted molar refractivity (Wildman–Crippen MR) is 72.1 cm³/mol. The molecule has 0 spiro atoms. The second-order valence-corrected chi connectivity index (χ2v) is 3.73. The van der Waals surface area contributed by atoms with E-state index in [0.29, 0.717) is 5.56 Å². The lowest BCUT2D eigenvalue weighted by Crippen LogP contribution is -2.18. The zero-order chi connectivity index (χ0) is 15.0. The maximum absolute atomic E-state index is 12.2. The number of benzene rings is 1. The fraction of sp³-hybridized carbons (Fsp3) is 0.267. The SMILES string of the molecule is CCOC(=O)/C=C(/C(=O)OCC)C(=O)c1ccccc1. The normalized spacial score (nSPS) is 10.8. The van der Waals surface area contributed by atoms with Gasteiger partial charge in [0.15, 0.2) is 0 Å². The molecule has 1 rings (SSSR count). The van der Waals surface area contributed by atoms with Crippen LogP contribution in [0.5, 0.6) is 0 Å². The summed E-state index contributed by atoms with van der Waals surface area (Å²) < 4.78 is 9.50. The van der Waals surface area contributed by atoms with E-state index in [1.54, 1.807) is 44.2 Å². The number of esters is 2. The molecule has 106 valence electrons. The minimum atomic E-state index is -0.839. The molecule has 0 radical (unpaired) electrons. The molecule has 5 heteroatoms. The molecule has 0 aliphatic carbocycles. The van der Waals surface area contributed by atoms with Crippen molar-refractivity contribution < 1.29 is 23.9 Å². The molecule has 0 amide bonds. The van der Waals surface area contributed by atoms with Crippen molar-refractivity contribution in [2.75, 3.05) is 13.2 Å². The number of hydrogen-bond acceptors (Lipinski definition) is 5. The number of carbonyl (C=O) groups is 3. The quantitative estimate of drug-likeness (QED) is 0.261. The first kappa shape index (κ1) is 15.6. The molecule has 1 aromatic rings. The Labute approximate surface area is 117 Å². The van der Waals surface area contributed by atoms with Gasteiger partial charge in [0.1, 0.15) is 5.57 Å². The van der Waals surface area contributed by atoms with E-state index < -0.39 is 17.7 Å². The van der Waals surface area contributed by atoms with E-state index in [0.717, 1.165) is 6.08 Å². The molecule has 5 nitrogen and oxygen atoms in total. The van der Waals surface area contributed by atoms with Gasteiger partial charge in [0.2, 0.25) is 5.78 Å². The molecule has 1 aromatic carbocycles. The number of ketones is 1. The highest BCUT2D eigenvalue weighted by atomic mass is 16.5. The number of hydrogen-bond donors (Lipinski definition) is 0. The third kappa shape index (κ3) is 4.35. The summed E-state index contributed by atoms with van der Waals surface area (Å²) in [6.07, 6.45) is 0.872. The molecular weight excluding hydrogens is 260 g/mol. The standard InChI is InChI=1S/C15H16O5/c1-3-19-13(16)10-12(15(18)20-4-2)14(17)11-8-6-5-7-9-11/h5-10H,3-4H2,1-2H3/b12-10+. The summed E-state index contributed by atoms with van der Waals surface area (Å²) in [5.74, 6) is -2.16. The van der Waals surface area contributed by atoms with Gasteiger partial charge < -0.3 is 9.47 Å². The molecule has 0 aliphatic rings. The van der Waals surface area contributed by atoms with Crippen LogP contribution in [0, 0.1) is 0 Å². The highest BCUT2D eigenvalue weighted by Gasteiger charge is 2.22. The molecule has 0 atom stereocenters. The van der Waals surface area contributed by atoms with Crippen molar-refractivity contribution in [3.05, 3.63) is 47.5 Å². The van der Waals surface area contributed by atoms with E-state index in [1.165, 1.54) is 0 Å². The van der Waals surface area contributed by atoms with Gasteiger partial charge in [-0.3, -0.25) is 4.79 Å². The van der Waals surface area contributed by atoms with Gasteiger partial charge in [-0.25, -0.2) is 9.59 Å². The number of Topliss-reactive ketones (excluding diaryl/α,β-unsaturated/α-hetero) is 1. The smallest absolute Gasteiger partial charge is 0.342 e. The lowest BCUT2D eigenvalue weighted by Gasteiger charge is -2.06. The Morgan fingerprint density at radius 1 is 1.00 bits per heavy atom. The monoisotopic (exact) mass is 276 g/mol. The Balaban J connectivity index is 3.08. The maximum Gasteiger partial charge on any atom is 0.342 e. The van der Waals surface area contributed by atoms with Crippen LogP contribution in [-0.2, 0) is 19.1 Å². The van der Waals surface area contributed by atoms with Gasteiger partial charge >= 0.3 is 11.9 Å². The summed E-state index contributed by atoms with van der Waals surface area (Å²) in [5, 5.41) is 0. The van der Waals surface area contributed by atoms with E-state index in [-0.39, 0.29) is 18.8 Å². The van der Waals surface area contributed by atoms with Crippen LogP contribution in [0.2, 0.25) is 0 Å². The van der Waals surface area contributed by atoms with E-state index in [9.17, 15) is 14.4 Å². The number of carbonyl (C=O) groups excluding carboxylic acids is 3. The first-order chi connectivity index (χ1) is 9.60. The molecule has 0 saturated carbocycles. The third-order valence-corrected chi connectivity index (χ3v) is 2.32. The molecule has 0 unspecified atom stereocenters. The Hall–Kier alpha value is -2.43. The van der Waals surface area contributed by atoms with Crippen molar-refractivity contribution in [1.82, 2.24) is 0 Å². The molecular formula is C15H16O5. The third-order valence-electron chi connectivity index (χ3n) is 2.32. The van der Waals surface area contributed by atoms with Crippen LogP contribution >= 0.6 is 0 Å². The molecule has 20 heavy (non-hydrogen) atoms. The van der Waals surface area contributed by atoms with E-state index in [1.807, 2.05) is 0 Å². The average Bonchev–Trinajstić information content (AvgIpc) is 2.45. The van der Waals surface area contributed by atoms with Gasteiger partial charge in [0.25, 0.3) is 0 Å². The van der Waals surface area contributed by atoms with Crippen LogP contribution in [0.25, 0.3) is 0 Å². The number of rotatable bonds is 6. The van der Waals surface area contributed by atoms with Crippen molar-refractivity contribution in [1.29, 1.82) is 0 Å². The van der Waals surface area contributed by atoms with Crippen LogP contribution in [0.3, 0.4) is 0 Å². The summed E-state index contributed by atoms with van der Waals surface area (Å²) in [4.78, 5) is 35.4. The van der Waals surface area contributed by atoms with E-state index >= 15 is 0 Å². The second kappa shape index (κ2) is 7.89. The topological polar surface area (TPSA) is 69.7 Å². The first-order valence-corrected chi connectivity index (χ1v) is 6.25. The van der Waals surface area contributed by atoms with Crippen LogP contribution in [0.4, 0.5) is 0 Å². The molecule has 0 saturated heterocycles. The molecule has 0 heterocycles. The molecule has 0 aromatic heterocycles. The largest absolute Gasteiger partial charge is 0.463 e. The van der Waals surface area contributed by atoms with Gasteiger partial charge in [-0.2, -0.15) is 0 Å². The average molecular weight is 276 g/mol. The van der Waals surface area contributed by atoms with Crippen molar-refractivity contribution in [2.45, 2.75) is 13.8 Å². The molecule has 0 fully saturated rings. The van der Waals surface area contributed by atoms with Crippen molar-refractivity contribution in [2.24, 2.45) is 0 Å². The highest BCUT2D eigenvalue weighted by Crippen LogP contribution is 2.10. The summed E-state index contributed by atoms with van der Waals surface area (Å²) >= 11 is 0. The van der Waals surface area contributed by atoms with Crippen LogP contribution in [-0.4, -0.2) is 30.9 Å². The predicted octanol–water partition coefficient (Wildman–Crippen LogP) is 1.92. The zero-order valence-corrected chi connectivity index (χ0v) is 11.4. The van der Waals surface area contributed by atoms with E-state index in [2.05, 4.69) is 0 Å². The van der Waals surface area contributed by atoms with Gasteiger partial charge in [-0.15, -0.1) is 0 Å². The van der Waals surface area contributed by atoms with Crippen LogP contribution in [0.15, 0.2) is 42.0 Å². The Bertz CT molecular complexity index is 516. The van der Waals surface area contributed by atoms with Gasteiger partial charge in [0, 0.05) is 11.6 Å². The Morgan fingerprint density at radius 3 is 2.15 bits per heavy atom. The van der Waals surface area contributed by atoms with Gasteiger partial charge in [-0.1, -0.05) is 30.3 Å². The van der Waals surface area contributed by atoms with Crippen molar-refractivity contribution >= 4 is 17.7 Å². The van der Waals surface area contributed by atoms with E-state index in [4.69, 9.17) is 9.47 Å². The Morgan fingerprint density at radius 2 is 1.60 bits per heavy atom. The number of ether oxygens (including phenoxy) is 2. The molecule has 0 bridgehead atoms. The summed E-state index contributed by atoms with van der Waals surface area (Å²) in [5.41, 5.74) is -0.0346. The Kier molecular flexibility index (Phi) is 6.16. The lowest BCUT2D eigenvalue weighted by molar-refractivity contribution is -0.140. The summed E-state index contributed by atoms with van der Waals surface area (Å²) in [6.45, 7) is 3.52. The van der Waals surface area contributed by atoms with Gasteiger partial charge in [0.05, 0.1) is 13.2 Å². The minimum absolute atomic E-state index is 0.112. The first-order valence-electron chi connectivity index (χ1n) is 6.25. The van der Waals surface area contributed by atoms with Crippen molar-refractivity contribution in [3.8, 4) is 0 Å². The molecule has 0 aliphatic heterocycles. The van der Waals surface area contributed by atoms with Crippen LogP contribution < -0.4 is 0 Å². The summed E-state index contributed by atoms with van der Waals surface area (Å²) in [7, 11) is 0. The second-order valence-electron chi connectivity index (χ2n) is 3.73. The lowest BCUT2D eigenvalue weighted by atomic mass is 10.0. The molecule has 0 N–H and O–H groups in total. The zero-order valence-electron chi connectivity index (χ0n) is 11.4. The fourth-order valence-electron chi connectivity index (χ4n) is 1.47. The van der Waals surface area contributed by atoms with Crippen LogP contribution in [0.1, 0.15) is 24.2 Å². The summed E-state index contributed by atoms with van der Waals surface area (Å²) in [6, 6.07) is 8.19. The van der Waals surface area contributed by atoms with Gasteiger partial charge in [-0.05, 0) is 13.8 Å². The fourth-order valence-corrected chi connectivity index (χ4v) is 1.47. The highest BCUT2D eigenvalue weighted by molar-refractivity contribution is 6.26. The van der Waals surface area contributed by atoms with Crippen molar-refractivity contribution in [3.63, 3.8) is 0 Å².